The minimum atomic E-state index is 0.0149. The number of amides is 1. The van der Waals surface area contributed by atoms with Crippen LogP contribution in [-0.4, -0.2) is 27.8 Å². The van der Waals surface area contributed by atoms with Crippen LogP contribution in [0.2, 0.25) is 0 Å². The molecular weight excluding hydrogens is 322 g/mol. The summed E-state index contributed by atoms with van der Waals surface area (Å²) < 4.78 is 2.29. The zero-order valence-electron chi connectivity index (χ0n) is 15.0. The number of carbonyl (C=O) groups is 1. The van der Waals surface area contributed by atoms with Crippen molar-refractivity contribution in [3.05, 3.63) is 60.3 Å². The van der Waals surface area contributed by atoms with Crippen molar-refractivity contribution in [2.75, 3.05) is 6.54 Å². The number of nitrogens with zero attached hydrogens (tertiary/aromatic N) is 3. The van der Waals surface area contributed by atoms with Gasteiger partial charge in [-0.25, -0.2) is 4.99 Å². The second kappa shape index (κ2) is 5.56. The van der Waals surface area contributed by atoms with E-state index in [4.69, 9.17) is 4.99 Å². The van der Waals surface area contributed by atoms with Gasteiger partial charge in [0.15, 0.2) is 0 Å². The average Bonchev–Trinajstić information content (AvgIpc) is 3.10. The largest absolute Gasteiger partial charge is 0.311 e. The lowest BCUT2D eigenvalue weighted by atomic mass is 10.0. The van der Waals surface area contributed by atoms with E-state index in [1.54, 1.807) is 0 Å². The second-order valence-corrected chi connectivity index (χ2v) is 7.58. The third-order valence-corrected chi connectivity index (χ3v) is 5.27. The lowest BCUT2D eigenvalue weighted by molar-refractivity contribution is -0.126. The smallest absolute Gasteiger partial charge is 0.229 e. The number of aromatic nitrogens is 1. The molecule has 4 heteroatoms. The number of fused-ring (bicyclic) bond motifs is 7. The van der Waals surface area contributed by atoms with Crippen LogP contribution in [0.3, 0.4) is 0 Å². The molecule has 4 nitrogen and oxygen atoms in total. The van der Waals surface area contributed by atoms with Crippen LogP contribution in [-0.2, 0) is 4.79 Å². The third-order valence-electron chi connectivity index (χ3n) is 5.27. The van der Waals surface area contributed by atoms with Crippen LogP contribution in [0.5, 0.6) is 0 Å². The number of para-hydroxylation sites is 3. The highest BCUT2D eigenvalue weighted by Gasteiger charge is 2.41. The van der Waals surface area contributed by atoms with Gasteiger partial charge in [-0.15, -0.1) is 0 Å². The first-order valence-corrected chi connectivity index (χ1v) is 9.22. The normalized spacial score (nSPS) is 18.6. The first-order valence-electron chi connectivity index (χ1n) is 9.22. The predicted octanol–water partition coefficient (Wildman–Crippen LogP) is 4.65. The molecule has 3 aromatic rings. The molecule has 1 saturated heterocycles. The number of rotatable bonds is 2. The summed E-state index contributed by atoms with van der Waals surface area (Å²) in [4.78, 5) is 19.6. The summed E-state index contributed by atoms with van der Waals surface area (Å²) in [5, 5.41) is 1.20. The zero-order valence-corrected chi connectivity index (χ0v) is 15.0. The summed E-state index contributed by atoms with van der Waals surface area (Å²) in [6.07, 6.45) is 0.496. The number of carbonyl (C=O) groups excluding carboxylic acids is 1. The number of likely N-dealkylation sites (tertiary alicyclic amines) is 1. The minimum Gasteiger partial charge on any atom is -0.311 e. The Labute approximate surface area is 152 Å². The van der Waals surface area contributed by atoms with Gasteiger partial charge in [0.2, 0.25) is 5.91 Å². The van der Waals surface area contributed by atoms with Gasteiger partial charge < -0.3 is 4.57 Å². The van der Waals surface area contributed by atoms with Crippen molar-refractivity contribution >= 4 is 28.3 Å². The van der Waals surface area contributed by atoms with Gasteiger partial charge in [-0.2, -0.15) is 0 Å². The number of hydrogen-bond donors (Lipinski definition) is 0. The molecule has 0 N–H and O–H groups in total. The maximum Gasteiger partial charge on any atom is 0.229 e. The topological polar surface area (TPSA) is 37.6 Å². The van der Waals surface area contributed by atoms with E-state index >= 15 is 0 Å². The molecule has 0 saturated carbocycles. The van der Waals surface area contributed by atoms with Gasteiger partial charge in [0, 0.05) is 24.0 Å². The summed E-state index contributed by atoms with van der Waals surface area (Å²) in [5.74, 6) is 1.50. The Kier molecular flexibility index (Phi) is 3.29. The Balaban J connectivity index is 1.81. The van der Waals surface area contributed by atoms with Crippen molar-refractivity contribution in [1.29, 1.82) is 0 Å². The molecule has 26 heavy (non-hydrogen) atoms. The molecule has 1 atom stereocenters. The average molecular weight is 343 g/mol. The Bertz CT molecular complexity index is 1060. The van der Waals surface area contributed by atoms with Crippen molar-refractivity contribution < 1.29 is 4.79 Å². The zero-order chi connectivity index (χ0) is 17.8. The van der Waals surface area contributed by atoms with E-state index in [2.05, 4.69) is 60.9 Å². The molecule has 5 rings (SSSR count). The van der Waals surface area contributed by atoms with E-state index < -0.39 is 0 Å². The summed E-state index contributed by atoms with van der Waals surface area (Å²) >= 11 is 0. The van der Waals surface area contributed by atoms with Crippen molar-refractivity contribution in [2.24, 2.45) is 10.9 Å². The van der Waals surface area contributed by atoms with Crippen LogP contribution < -0.4 is 0 Å². The molecule has 1 aromatic heterocycles. The maximum absolute atomic E-state index is 12.8. The van der Waals surface area contributed by atoms with Crippen LogP contribution in [0.25, 0.3) is 16.6 Å². The van der Waals surface area contributed by atoms with E-state index in [1.165, 1.54) is 10.9 Å². The van der Waals surface area contributed by atoms with E-state index in [9.17, 15) is 4.79 Å². The predicted molar refractivity (Wildman–Crippen MR) is 104 cm³/mol. The lowest BCUT2D eigenvalue weighted by Gasteiger charge is -2.20. The fourth-order valence-electron chi connectivity index (χ4n) is 4.20. The maximum atomic E-state index is 12.8. The fourth-order valence-corrected chi connectivity index (χ4v) is 4.20. The van der Waals surface area contributed by atoms with Gasteiger partial charge in [0.25, 0.3) is 0 Å². The molecule has 2 aliphatic rings. The Morgan fingerprint density at radius 3 is 2.73 bits per heavy atom. The fraction of sp³-hybridized carbons (Fsp3) is 0.273. The van der Waals surface area contributed by atoms with Gasteiger partial charge in [-0.1, -0.05) is 44.2 Å². The van der Waals surface area contributed by atoms with Crippen LogP contribution in [0.1, 0.15) is 31.9 Å². The Morgan fingerprint density at radius 1 is 1.12 bits per heavy atom. The molecule has 1 unspecified atom stereocenters. The van der Waals surface area contributed by atoms with Gasteiger partial charge in [0.05, 0.1) is 22.8 Å². The third kappa shape index (κ3) is 2.15. The monoisotopic (exact) mass is 343 g/mol. The molecule has 1 fully saturated rings. The number of benzene rings is 2. The van der Waals surface area contributed by atoms with Crippen LogP contribution in [0.4, 0.5) is 5.69 Å². The summed E-state index contributed by atoms with van der Waals surface area (Å²) in [5.41, 5.74) is 4.34. The van der Waals surface area contributed by atoms with E-state index in [-0.39, 0.29) is 11.8 Å². The lowest BCUT2D eigenvalue weighted by Crippen LogP contribution is -2.33. The summed E-state index contributed by atoms with van der Waals surface area (Å²) in [6, 6.07) is 18.9. The van der Waals surface area contributed by atoms with Crippen molar-refractivity contribution in [3.63, 3.8) is 0 Å². The molecule has 0 spiro atoms. The van der Waals surface area contributed by atoms with Crippen molar-refractivity contribution in [1.82, 2.24) is 9.47 Å². The molecule has 130 valence electrons. The van der Waals surface area contributed by atoms with Crippen molar-refractivity contribution in [2.45, 2.75) is 26.2 Å². The van der Waals surface area contributed by atoms with Crippen molar-refractivity contribution in [3.8, 4) is 5.69 Å². The molecule has 3 heterocycles. The second-order valence-electron chi connectivity index (χ2n) is 7.58. The summed E-state index contributed by atoms with van der Waals surface area (Å²) in [6.45, 7) is 5.00. The Morgan fingerprint density at radius 2 is 1.88 bits per heavy atom. The molecule has 1 amide bonds. The highest BCUT2D eigenvalue weighted by Crippen LogP contribution is 2.42. The number of hydrogen-bond acceptors (Lipinski definition) is 2. The minimum absolute atomic E-state index is 0.0149. The molecular formula is C22H21N3O. The molecule has 0 radical (unpaired) electrons. The van der Waals surface area contributed by atoms with Crippen LogP contribution in [0.15, 0.2) is 59.6 Å². The van der Waals surface area contributed by atoms with Gasteiger partial charge in [0.1, 0.15) is 5.84 Å². The number of amidine groups is 1. The van der Waals surface area contributed by atoms with E-state index in [0.717, 1.165) is 29.4 Å². The molecule has 0 aliphatic carbocycles. The van der Waals surface area contributed by atoms with Gasteiger partial charge in [-0.05, 0) is 30.2 Å². The molecule has 2 aliphatic heterocycles. The number of aliphatic imine (C=N–C) groups is 1. The Hall–Kier alpha value is -2.88. The van der Waals surface area contributed by atoms with E-state index in [1.807, 2.05) is 17.0 Å². The van der Waals surface area contributed by atoms with Gasteiger partial charge >= 0.3 is 0 Å². The first-order chi connectivity index (χ1) is 12.6. The van der Waals surface area contributed by atoms with Gasteiger partial charge in [-0.3, -0.25) is 9.69 Å². The first kappa shape index (κ1) is 15.4. The van der Waals surface area contributed by atoms with Crippen LogP contribution in [0, 0.1) is 5.92 Å². The van der Waals surface area contributed by atoms with Crippen LogP contribution >= 0.6 is 0 Å². The SMILES string of the molecule is CC(C)CN1C(=O)CC2C1=Nc1ccccc1-n1c2cc2ccccc21. The molecule has 0 bridgehead atoms. The quantitative estimate of drug-likeness (QED) is 0.667. The van der Waals surface area contributed by atoms with E-state index in [0.29, 0.717) is 12.3 Å². The summed E-state index contributed by atoms with van der Waals surface area (Å²) in [7, 11) is 0. The standard InChI is InChI=1S/C22H21N3O/c1-14(2)13-24-21(26)12-16-20-11-15-7-3-5-9-18(15)25(20)19-10-6-4-8-17(19)23-22(16)24/h3-11,14,16H,12-13H2,1-2H3. The molecule has 2 aromatic carbocycles. The highest BCUT2D eigenvalue weighted by atomic mass is 16.2. The highest BCUT2D eigenvalue weighted by molar-refractivity contribution is 6.11.